The molecule has 7 N–H and O–H groups in total. The van der Waals surface area contributed by atoms with Crippen LogP contribution in [0, 0.1) is 29.6 Å². The van der Waals surface area contributed by atoms with E-state index in [1.165, 1.54) is 34.7 Å². The monoisotopic (exact) mass is 949 g/mol. The number of aliphatic carboxylic acids is 2. The van der Waals surface area contributed by atoms with Gasteiger partial charge in [-0.15, -0.1) is 0 Å². The first kappa shape index (κ1) is 56.2. The van der Waals surface area contributed by atoms with Crippen LogP contribution in [0.15, 0.2) is 66.4 Å². The first-order valence-corrected chi connectivity index (χ1v) is 23.4. The number of carbonyl (C=O) groups is 9. The smallest absolute Gasteiger partial charge is 0.326 e. The number of benzene rings is 1. The lowest BCUT2D eigenvalue weighted by Crippen LogP contribution is -2.54. The molecule has 374 valence electrons. The first-order valence-electron chi connectivity index (χ1n) is 23.4. The van der Waals surface area contributed by atoms with Crippen molar-refractivity contribution in [1.29, 1.82) is 0 Å². The molecule has 1 aliphatic heterocycles. The fourth-order valence-corrected chi connectivity index (χ4v) is 8.35. The summed E-state index contributed by atoms with van der Waals surface area (Å²) in [6.45, 7) is 13.0. The van der Waals surface area contributed by atoms with Crippen LogP contribution >= 0.6 is 0 Å². The molecule has 0 spiro atoms. The van der Waals surface area contributed by atoms with E-state index in [2.05, 4.69) is 33.2 Å². The maximum Gasteiger partial charge on any atom is 0.326 e. The van der Waals surface area contributed by atoms with E-state index in [4.69, 9.17) is 4.74 Å². The van der Waals surface area contributed by atoms with Gasteiger partial charge in [-0.25, -0.2) is 4.79 Å². The average Bonchev–Trinajstić information content (AvgIpc) is 3.30. The lowest BCUT2D eigenvalue weighted by Gasteiger charge is -2.29. The fraction of sp³-hybridized carbons (Fsp3) is 0.580. The van der Waals surface area contributed by atoms with Gasteiger partial charge in [0.25, 0.3) is 5.91 Å². The third-order valence-corrected chi connectivity index (χ3v) is 13.1. The molecule has 0 unspecified atom stereocenters. The van der Waals surface area contributed by atoms with Gasteiger partial charge in [-0.2, -0.15) is 0 Å². The van der Waals surface area contributed by atoms with Gasteiger partial charge >= 0.3 is 11.9 Å². The Morgan fingerprint density at radius 1 is 0.809 bits per heavy atom. The number of allylic oxidation sites excluding steroid dienone is 2. The van der Waals surface area contributed by atoms with E-state index in [1.54, 1.807) is 19.3 Å². The SMILES string of the molecule is C=C1C(=O)N[C@H](C)C(=O)N[C@@H](CC2CCCCC2)C(=O)C[C@@H](C(=O)O)[C@H](C)C(=O)N[C@@H](C)C(=O)N[C@@H](/C=C/C(C)=C/[C@H](C)[C@H](Cc2ccccc2)OC)[C@H](C)C(=O)N[C@@H](C(=O)O)CCC(=O)N1C. The van der Waals surface area contributed by atoms with Gasteiger partial charge in [0.15, 0.2) is 5.78 Å². The van der Waals surface area contributed by atoms with E-state index < -0.39 is 120 Å². The lowest BCUT2D eigenvalue weighted by molar-refractivity contribution is -0.149. The number of amides is 6. The number of hydrogen-bond donors (Lipinski definition) is 7. The van der Waals surface area contributed by atoms with Gasteiger partial charge in [0.2, 0.25) is 29.5 Å². The van der Waals surface area contributed by atoms with E-state index in [9.17, 15) is 53.4 Å². The Morgan fingerprint density at radius 3 is 2.01 bits per heavy atom. The van der Waals surface area contributed by atoms with Gasteiger partial charge in [0, 0.05) is 38.8 Å². The number of Topliss-reactive ketones (excluding diaryl/α,β-unsaturated/α-hetero) is 1. The average molecular weight is 949 g/mol. The van der Waals surface area contributed by atoms with Gasteiger partial charge in [-0.1, -0.05) is 114 Å². The Hall–Kier alpha value is -6.17. The summed E-state index contributed by atoms with van der Waals surface area (Å²) in [7, 11) is 2.87. The minimum atomic E-state index is -1.58. The molecule has 1 saturated heterocycles. The molecule has 0 aromatic heterocycles. The first-order chi connectivity index (χ1) is 32.0. The molecule has 2 fully saturated rings. The standard InChI is InChI=1S/C50H72N6O12/c1-28(24-29(2)42(68-9)26-36-18-14-11-15-19-36)20-21-38-31(4)45(60)54-39(50(66)67)22-23-43(58)56(8)34(7)48(63)52-33(6)47(62)55-40(25-35-16-12-10-13-17-35)41(57)27-37(49(64)65)30(3)44(59)51-32(5)46(61)53-38/h11,14-15,18-21,24,29-33,35,37-40,42H,7,10,12-13,16-17,22-23,25-27H2,1-6,8-9H3,(H,51,59)(H,52,63)(H,53,61)(H,54,60)(H,55,62)(H,64,65)(H,66,67)/b21-20+,28-24+/t29-,30-,31-,32-,33+,37+,38-,39+,40-,42-/m0/s1. The van der Waals surface area contributed by atoms with Crippen LogP contribution < -0.4 is 26.6 Å². The van der Waals surface area contributed by atoms with E-state index >= 15 is 0 Å². The number of carboxylic acids is 2. The van der Waals surface area contributed by atoms with Crippen LogP contribution in [0.5, 0.6) is 0 Å². The van der Waals surface area contributed by atoms with E-state index in [-0.39, 0.29) is 30.1 Å². The summed E-state index contributed by atoms with van der Waals surface area (Å²) in [6.07, 6.45) is 8.84. The number of likely N-dealkylation sites (N-methyl/N-ethyl adjacent to an activating group) is 1. The Kier molecular flexibility index (Phi) is 22.3. The van der Waals surface area contributed by atoms with Crippen molar-refractivity contribution >= 4 is 53.2 Å². The van der Waals surface area contributed by atoms with Crippen LogP contribution in [-0.2, 0) is 54.3 Å². The molecule has 1 aromatic rings. The van der Waals surface area contributed by atoms with Gasteiger partial charge in [0.05, 0.1) is 30.0 Å². The number of carboxylic acid groups (broad SMARTS) is 2. The second-order valence-electron chi connectivity index (χ2n) is 18.4. The van der Waals surface area contributed by atoms with Gasteiger partial charge in [0.1, 0.15) is 23.8 Å². The van der Waals surface area contributed by atoms with Crippen LogP contribution in [-0.4, -0.2) is 119 Å². The number of hydrogen-bond acceptors (Lipinski definition) is 10. The topological polar surface area (TPSA) is 267 Å². The third-order valence-electron chi connectivity index (χ3n) is 13.1. The third kappa shape index (κ3) is 17.2. The molecule has 1 saturated carbocycles. The number of ketones is 1. The molecule has 0 bridgehead atoms. The van der Waals surface area contributed by atoms with Crippen molar-refractivity contribution in [2.24, 2.45) is 29.6 Å². The second kappa shape index (κ2) is 27.0. The maximum absolute atomic E-state index is 14.0. The number of nitrogens with zero attached hydrogens (tertiary/aromatic N) is 1. The zero-order chi connectivity index (χ0) is 50.8. The Labute approximate surface area is 399 Å². The van der Waals surface area contributed by atoms with Crippen LogP contribution in [0.2, 0.25) is 0 Å². The normalized spacial score (nSPS) is 27.7. The molecule has 3 rings (SSSR count). The van der Waals surface area contributed by atoms with Crippen molar-refractivity contribution < 1.29 is 58.1 Å². The highest BCUT2D eigenvalue weighted by Crippen LogP contribution is 2.29. The summed E-state index contributed by atoms with van der Waals surface area (Å²) in [5.74, 6) is -12.4. The molecular formula is C50H72N6O12. The molecule has 6 amide bonds. The van der Waals surface area contributed by atoms with Gasteiger partial charge in [-0.3, -0.25) is 38.4 Å². The quantitative estimate of drug-likeness (QED) is 0.124. The zero-order valence-corrected chi connectivity index (χ0v) is 40.7. The number of ether oxygens (including phenoxy) is 1. The van der Waals surface area contributed by atoms with E-state index in [1.807, 2.05) is 50.3 Å². The lowest BCUT2D eigenvalue weighted by atomic mass is 9.81. The van der Waals surface area contributed by atoms with Crippen LogP contribution in [0.1, 0.15) is 105 Å². The summed E-state index contributed by atoms with van der Waals surface area (Å²) in [6, 6.07) is 3.46. The van der Waals surface area contributed by atoms with Crippen molar-refractivity contribution in [2.45, 2.75) is 142 Å². The highest BCUT2D eigenvalue weighted by molar-refractivity contribution is 6.00. The highest BCUT2D eigenvalue weighted by atomic mass is 16.5. The number of nitrogens with one attached hydrogen (secondary N) is 5. The van der Waals surface area contributed by atoms with Crippen LogP contribution in [0.25, 0.3) is 0 Å². The summed E-state index contributed by atoms with van der Waals surface area (Å²) in [5.41, 5.74) is 1.46. The van der Waals surface area contributed by atoms with Crippen molar-refractivity contribution in [3.63, 3.8) is 0 Å². The minimum absolute atomic E-state index is 0.0470. The Morgan fingerprint density at radius 2 is 1.41 bits per heavy atom. The molecule has 1 aliphatic carbocycles. The molecule has 2 aliphatic rings. The van der Waals surface area contributed by atoms with Crippen molar-refractivity contribution in [3.8, 4) is 0 Å². The Balaban J connectivity index is 2.01. The number of methoxy groups -OCH3 is 1. The molecule has 0 radical (unpaired) electrons. The molecule has 10 atom stereocenters. The summed E-state index contributed by atoms with van der Waals surface area (Å²) < 4.78 is 5.80. The molecule has 1 aromatic carbocycles. The fourth-order valence-electron chi connectivity index (χ4n) is 8.35. The molecule has 1 heterocycles. The largest absolute Gasteiger partial charge is 0.481 e. The van der Waals surface area contributed by atoms with Crippen molar-refractivity contribution in [1.82, 2.24) is 31.5 Å². The zero-order valence-electron chi connectivity index (χ0n) is 40.7. The maximum atomic E-state index is 14.0. The molecule has 18 nitrogen and oxygen atoms in total. The molecular weight excluding hydrogens is 877 g/mol. The van der Waals surface area contributed by atoms with Gasteiger partial charge in [-0.05, 0) is 51.5 Å². The van der Waals surface area contributed by atoms with Gasteiger partial charge < -0.3 is 46.4 Å². The van der Waals surface area contributed by atoms with Crippen molar-refractivity contribution in [2.75, 3.05) is 14.2 Å². The number of rotatable bonds is 11. The Bertz CT molecular complexity index is 2050. The molecule has 68 heavy (non-hydrogen) atoms. The highest BCUT2D eigenvalue weighted by Gasteiger charge is 2.38. The predicted octanol–water partition coefficient (Wildman–Crippen LogP) is 3.60. The van der Waals surface area contributed by atoms with E-state index in [0.29, 0.717) is 6.42 Å². The predicted molar refractivity (Wildman–Crippen MR) is 253 cm³/mol. The summed E-state index contributed by atoms with van der Waals surface area (Å²) >= 11 is 0. The summed E-state index contributed by atoms with van der Waals surface area (Å²) in [5, 5.41) is 33.3. The van der Waals surface area contributed by atoms with E-state index in [0.717, 1.165) is 48.1 Å². The minimum Gasteiger partial charge on any atom is -0.481 e. The van der Waals surface area contributed by atoms with Crippen molar-refractivity contribution in [3.05, 3.63) is 72.0 Å². The van der Waals surface area contributed by atoms with Crippen LogP contribution in [0.4, 0.5) is 0 Å². The summed E-state index contributed by atoms with van der Waals surface area (Å²) in [4.78, 5) is 121. The molecule has 18 heteroatoms. The second-order valence-corrected chi connectivity index (χ2v) is 18.4. The van der Waals surface area contributed by atoms with Crippen LogP contribution in [0.3, 0.4) is 0 Å². The number of carbonyl (C=O) groups excluding carboxylic acids is 7.